The molecule has 0 bridgehead atoms. The topological polar surface area (TPSA) is 24.5 Å². The third-order valence-electron chi connectivity index (χ3n) is 4.75. The average molecular weight is 324 g/mol. The van der Waals surface area contributed by atoms with Crippen LogP contribution >= 0.6 is 0 Å². The Morgan fingerprint density at radius 2 is 1.62 bits per heavy atom. The quantitative estimate of drug-likeness (QED) is 0.845. The van der Waals surface area contributed by atoms with Crippen molar-refractivity contribution in [2.75, 3.05) is 32.8 Å². The van der Waals surface area contributed by atoms with Gasteiger partial charge in [0.15, 0.2) is 0 Å². The number of morpholine rings is 1. The number of nitrogens with zero attached hydrogens (tertiary/aromatic N) is 1. The van der Waals surface area contributed by atoms with Crippen LogP contribution in [0.25, 0.3) is 0 Å². The van der Waals surface area contributed by atoms with Crippen molar-refractivity contribution >= 4 is 0 Å². The van der Waals surface area contributed by atoms with Crippen LogP contribution in [0, 0.1) is 0 Å². The van der Waals surface area contributed by atoms with Crippen LogP contribution in [0.2, 0.25) is 0 Å². The summed E-state index contributed by atoms with van der Waals surface area (Å²) in [4.78, 5) is 2.48. The maximum atomic E-state index is 5.45. The lowest BCUT2D eigenvalue weighted by Crippen LogP contribution is -2.36. The highest BCUT2D eigenvalue weighted by molar-refractivity contribution is 5.27. The Morgan fingerprint density at radius 1 is 0.958 bits per heavy atom. The van der Waals surface area contributed by atoms with Crippen molar-refractivity contribution in [2.45, 2.75) is 25.9 Å². The summed E-state index contributed by atoms with van der Waals surface area (Å²) in [6.45, 7) is 9.01. The summed E-state index contributed by atoms with van der Waals surface area (Å²) in [6.07, 6.45) is 0. The van der Waals surface area contributed by atoms with Crippen LogP contribution in [0.4, 0.5) is 0 Å². The van der Waals surface area contributed by atoms with Crippen LogP contribution in [0.15, 0.2) is 54.6 Å². The van der Waals surface area contributed by atoms with E-state index in [0.717, 1.165) is 45.9 Å². The number of nitrogens with one attached hydrogen (secondary N) is 1. The van der Waals surface area contributed by atoms with E-state index in [-0.39, 0.29) is 0 Å². The van der Waals surface area contributed by atoms with Crippen molar-refractivity contribution in [3.8, 4) is 0 Å². The summed E-state index contributed by atoms with van der Waals surface area (Å²) in [5.74, 6) is 0.526. The molecule has 0 saturated carbocycles. The summed E-state index contributed by atoms with van der Waals surface area (Å²) in [5, 5.41) is 3.63. The van der Waals surface area contributed by atoms with Gasteiger partial charge in [-0.05, 0) is 22.6 Å². The molecular weight excluding hydrogens is 296 g/mol. The monoisotopic (exact) mass is 324 g/mol. The summed E-state index contributed by atoms with van der Waals surface area (Å²) < 4.78 is 5.45. The first-order valence-corrected chi connectivity index (χ1v) is 8.95. The molecule has 0 aromatic heterocycles. The van der Waals surface area contributed by atoms with Gasteiger partial charge in [0.05, 0.1) is 13.2 Å². The Hall–Kier alpha value is -1.68. The van der Waals surface area contributed by atoms with Gasteiger partial charge in [-0.2, -0.15) is 0 Å². The second-order valence-corrected chi connectivity index (χ2v) is 6.60. The van der Waals surface area contributed by atoms with E-state index in [9.17, 15) is 0 Å². The van der Waals surface area contributed by atoms with Gasteiger partial charge in [-0.3, -0.25) is 4.90 Å². The number of rotatable bonds is 7. The van der Waals surface area contributed by atoms with E-state index in [1.54, 1.807) is 0 Å². The number of hydrogen-bond donors (Lipinski definition) is 1. The van der Waals surface area contributed by atoms with Crippen molar-refractivity contribution < 1.29 is 4.74 Å². The van der Waals surface area contributed by atoms with Gasteiger partial charge in [-0.25, -0.2) is 0 Å². The van der Waals surface area contributed by atoms with Gasteiger partial charge >= 0.3 is 0 Å². The predicted octanol–water partition coefficient (Wildman–Crippen LogP) is 3.41. The highest BCUT2D eigenvalue weighted by Gasteiger charge is 2.12. The van der Waals surface area contributed by atoms with Crippen LogP contribution in [0.1, 0.15) is 29.5 Å². The van der Waals surface area contributed by atoms with Crippen molar-refractivity contribution in [2.24, 2.45) is 0 Å². The maximum absolute atomic E-state index is 5.45. The standard InChI is InChI=1S/C21H28N2O/c1-18(19-7-3-2-4-8-19)15-22-16-20-9-5-6-10-21(20)17-23-11-13-24-14-12-23/h2-10,18,22H,11-17H2,1H3. The van der Waals surface area contributed by atoms with Crippen molar-refractivity contribution in [1.29, 1.82) is 0 Å². The lowest BCUT2D eigenvalue weighted by molar-refractivity contribution is 0.0340. The lowest BCUT2D eigenvalue weighted by atomic mass is 10.0. The van der Waals surface area contributed by atoms with Gasteiger partial charge in [0.25, 0.3) is 0 Å². The molecule has 0 spiro atoms. The SMILES string of the molecule is CC(CNCc1ccccc1CN1CCOCC1)c1ccccc1. The first kappa shape index (κ1) is 17.2. The Balaban J connectivity index is 1.53. The minimum Gasteiger partial charge on any atom is -0.379 e. The molecule has 1 unspecified atom stereocenters. The van der Waals surface area contributed by atoms with E-state index < -0.39 is 0 Å². The molecule has 3 heteroatoms. The molecule has 1 saturated heterocycles. The first-order valence-electron chi connectivity index (χ1n) is 8.95. The van der Waals surface area contributed by atoms with Crippen LogP contribution in [-0.2, 0) is 17.8 Å². The highest BCUT2D eigenvalue weighted by Crippen LogP contribution is 2.15. The molecule has 0 aliphatic carbocycles. The van der Waals surface area contributed by atoms with Crippen LogP contribution in [0.3, 0.4) is 0 Å². The first-order chi connectivity index (χ1) is 11.8. The maximum Gasteiger partial charge on any atom is 0.0594 e. The van der Waals surface area contributed by atoms with Gasteiger partial charge in [0.2, 0.25) is 0 Å². The van der Waals surface area contributed by atoms with Gasteiger partial charge in [0, 0.05) is 32.7 Å². The average Bonchev–Trinajstić information content (AvgIpc) is 2.64. The number of hydrogen-bond acceptors (Lipinski definition) is 3. The van der Waals surface area contributed by atoms with Crippen molar-refractivity contribution in [1.82, 2.24) is 10.2 Å². The zero-order chi connectivity index (χ0) is 16.6. The molecule has 1 N–H and O–H groups in total. The van der Waals surface area contributed by atoms with E-state index in [0.29, 0.717) is 5.92 Å². The zero-order valence-electron chi connectivity index (χ0n) is 14.6. The van der Waals surface area contributed by atoms with Crippen molar-refractivity contribution in [3.63, 3.8) is 0 Å². The third-order valence-corrected chi connectivity index (χ3v) is 4.75. The third kappa shape index (κ3) is 4.91. The Morgan fingerprint density at radius 3 is 2.38 bits per heavy atom. The molecule has 3 nitrogen and oxygen atoms in total. The van der Waals surface area contributed by atoms with Gasteiger partial charge in [0.1, 0.15) is 0 Å². The van der Waals surface area contributed by atoms with Crippen molar-refractivity contribution in [3.05, 3.63) is 71.3 Å². The molecule has 1 fully saturated rings. The molecule has 2 aromatic carbocycles. The Kier molecular flexibility index (Phi) is 6.41. The summed E-state index contributed by atoms with van der Waals surface area (Å²) in [7, 11) is 0. The van der Waals surface area contributed by atoms with Crippen LogP contribution < -0.4 is 5.32 Å². The summed E-state index contributed by atoms with van der Waals surface area (Å²) >= 11 is 0. The van der Waals surface area contributed by atoms with Gasteiger partial charge in [-0.15, -0.1) is 0 Å². The fourth-order valence-electron chi connectivity index (χ4n) is 3.21. The fourth-order valence-corrected chi connectivity index (χ4v) is 3.21. The minimum absolute atomic E-state index is 0.526. The molecule has 1 aliphatic heterocycles. The second-order valence-electron chi connectivity index (χ2n) is 6.60. The molecule has 1 aliphatic rings. The van der Waals surface area contributed by atoms with E-state index in [1.165, 1.54) is 16.7 Å². The molecule has 0 amide bonds. The molecule has 24 heavy (non-hydrogen) atoms. The molecule has 3 rings (SSSR count). The normalized spacial score (nSPS) is 16.9. The van der Waals surface area contributed by atoms with E-state index in [2.05, 4.69) is 71.7 Å². The van der Waals surface area contributed by atoms with Gasteiger partial charge < -0.3 is 10.1 Å². The number of ether oxygens (including phenoxy) is 1. The smallest absolute Gasteiger partial charge is 0.0594 e. The Labute approximate surface area is 145 Å². The largest absolute Gasteiger partial charge is 0.379 e. The zero-order valence-corrected chi connectivity index (χ0v) is 14.6. The predicted molar refractivity (Wildman–Crippen MR) is 99.1 cm³/mol. The van der Waals surface area contributed by atoms with Crippen LogP contribution in [-0.4, -0.2) is 37.7 Å². The van der Waals surface area contributed by atoms with E-state index in [4.69, 9.17) is 4.74 Å². The molecule has 1 heterocycles. The molecule has 1 atom stereocenters. The molecule has 2 aromatic rings. The molecule has 128 valence electrons. The highest BCUT2D eigenvalue weighted by atomic mass is 16.5. The van der Waals surface area contributed by atoms with E-state index in [1.807, 2.05) is 0 Å². The van der Waals surface area contributed by atoms with Gasteiger partial charge in [-0.1, -0.05) is 61.5 Å². The summed E-state index contributed by atoms with van der Waals surface area (Å²) in [5.41, 5.74) is 4.23. The second kappa shape index (κ2) is 8.97. The lowest BCUT2D eigenvalue weighted by Gasteiger charge is -2.27. The Bertz CT molecular complexity index is 608. The summed E-state index contributed by atoms with van der Waals surface area (Å²) in [6, 6.07) is 19.5. The molecule has 0 radical (unpaired) electrons. The molecular formula is C21H28N2O. The minimum atomic E-state index is 0.526. The fraction of sp³-hybridized carbons (Fsp3) is 0.429. The van der Waals surface area contributed by atoms with E-state index >= 15 is 0 Å². The number of benzene rings is 2. The van der Waals surface area contributed by atoms with Crippen LogP contribution in [0.5, 0.6) is 0 Å².